The second-order valence-corrected chi connectivity index (χ2v) is 4.88. The fourth-order valence-corrected chi connectivity index (χ4v) is 2.72. The molecular formula is C14H17NO. The first-order valence-corrected chi connectivity index (χ1v) is 6.15. The van der Waals surface area contributed by atoms with Gasteiger partial charge in [0.15, 0.2) is 0 Å². The van der Waals surface area contributed by atoms with Crippen LogP contribution in [0.5, 0.6) is 0 Å². The van der Waals surface area contributed by atoms with E-state index in [0.717, 1.165) is 0 Å². The smallest absolute Gasteiger partial charge is 0.136 e. The minimum atomic E-state index is 0.352. The molecule has 2 aliphatic rings. The van der Waals surface area contributed by atoms with Gasteiger partial charge in [-0.25, -0.2) is 0 Å². The fraction of sp³-hybridized carbons (Fsp3) is 0.500. The number of aryl methyl sites for hydroxylation is 1. The monoisotopic (exact) mass is 215 g/mol. The Morgan fingerprint density at radius 2 is 1.88 bits per heavy atom. The van der Waals surface area contributed by atoms with Crippen molar-refractivity contribution in [1.29, 1.82) is 0 Å². The van der Waals surface area contributed by atoms with E-state index in [-0.39, 0.29) is 0 Å². The molecule has 0 radical (unpaired) electrons. The lowest BCUT2D eigenvalue weighted by atomic mass is 9.81. The average Bonchev–Trinajstić information content (AvgIpc) is 2.74. The van der Waals surface area contributed by atoms with Gasteiger partial charge in [0.25, 0.3) is 0 Å². The van der Waals surface area contributed by atoms with Crippen LogP contribution in [0, 0.1) is 12.8 Å². The molecule has 0 saturated heterocycles. The molecule has 84 valence electrons. The van der Waals surface area contributed by atoms with Crippen molar-refractivity contribution in [3.05, 3.63) is 35.4 Å². The number of benzene rings is 1. The molecule has 0 N–H and O–H groups in total. The van der Waals surface area contributed by atoms with Crippen LogP contribution in [0.1, 0.15) is 36.8 Å². The van der Waals surface area contributed by atoms with Gasteiger partial charge in [0, 0.05) is 5.92 Å². The highest BCUT2D eigenvalue weighted by atomic mass is 16.6. The van der Waals surface area contributed by atoms with E-state index in [0.29, 0.717) is 12.0 Å². The molecule has 1 aromatic carbocycles. The molecule has 3 rings (SSSR count). The van der Waals surface area contributed by atoms with Gasteiger partial charge in [-0.05, 0) is 31.7 Å². The highest BCUT2D eigenvalue weighted by molar-refractivity contribution is 6.03. The zero-order valence-electron chi connectivity index (χ0n) is 9.65. The molecule has 0 amide bonds. The Kier molecular flexibility index (Phi) is 2.43. The van der Waals surface area contributed by atoms with E-state index in [1.807, 2.05) is 0 Å². The van der Waals surface area contributed by atoms with Crippen molar-refractivity contribution in [2.45, 2.75) is 38.7 Å². The molecule has 0 aromatic heterocycles. The Hall–Kier alpha value is -1.31. The quantitative estimate of drug-likeness (QED) is 0.704. The van der Waals surface area contributed by atoms with Crippen LogP contribution < -0.4 is 0 Å². The van der Waals surface area contributed by atoms with E-state index in [4.69, 9.17) is 4.84 Å². The molecule has 2 unspecified atom stereocenters. The molecule has 1 aliphatic heterocycles. The zero-order chi connectivity index (χ0) is 11.0. The summed E-state index contributed by atoms with van der Waals surface area (Å²) in [5, 5.41) is 4.30. The van der Waals surface area contributed by atoms with Crippen LogP contribution in [0.4, 0.5) is 0 Å². The largest absolute Gasteiger partial charge is 0.392 e. The number of hydrogen-bond donors (Lipinski definition) is 0. The maximum atomic E-state index is 5.54. The van der Waals surface area contributed by atoms with E-state index in [2.05, 4.69) is 36.3 Å². The number of hydrogen-bond acceptors (Lipinski definition) is 2. The molecule has 1 aromatic rings. The Bertz CT molecular complexity index is 407. The second kappa shape index (κ2) is 3.93. The van der Waals surface area contributed by atoms with Gasteiger partial charge < -0.3 is 4.84 Å². The summed E-state index contributed by atoms with van der Waals surface area (Å²) in [7, 11) is 0. The number of oxime groups is 1. The van der Waals surface area contributed by atoms with Gasteiger partial charge in [-0.3, -0.25) is 0 Å². The minimum absolute atomic E-state index is 0.352. The van der Waals surface area contributed by atoms with Gasteiger partial charge in [0.1, 0.15) is 6.10 Å². The summed E-state index contributed by atoms with van der Waals surface area (Å²) in [5.74, 6) is 0.538. The Balaban J connectivity index is 1.87. The molecule has 16 heavy (non-hydrogen) atoms. The minimum Gasteiger partial charge on any atom is -0.392 e. The fourth-order valence-electron chi connectivity index (χ4n) is 2.72. The van der Waals surface area contributed by atoms with Gasteiger partial charge in [0.05, 0.1) is 5.71 Å². The predicted molar refractivity (Wildman–Crippen MR) is 64.5 cm³/mol. The van der Waals surface area contributed by atoms with E-state index >= 15 is 0 Å². The molecular weight excluding hydrogens is 198 g/mol. The summed E-state index contributed by atoms with van der Waals surface area (Å²) < 4.78 is 0. The van der Waals surface area contributed by atoms with Crippen molar-refractivity contribution < 1.29 is 4.84 Å². The predicted octanol–water partition coefficient (Wildman–Crippen LogP) is 3.29. The maximum Gasteiger partial charge on any atom is 0.136 e. The van der Waals surface area contributed by atoms with Crippen molar-refractivity contribution >= 4 is 5.71 Å². The SMILES string of the molecule is Cc1ccc(C2=NOC3CCCCC23)cc1. The van der Waals surface area contributed by atoms with Crippen molar-refractivity contribution in [1.82, 2.24) is 0 Å². The first-order chi connectivity index (χ1) is 7.84. The zero-order valence-corrected chi connectivity index (χ0v) is 9.65. The molecule has 2 heteroatoms. The van der Waals surface area contributed by atoms with Gasteiger partial charge in [-0.1, -0.05) is 41.4 Å². The molecule has 0 bridgehead atoms. The number of rotatable bonds is 1. The molecule has 1 aliphatic carbocycles. The van der Waals surface area contributed by atoms with Gasteiger partial charge >= 0.3 is 0 Å². The third-order valence-electron chi connectivity index (χ3n) is 3.69. The van der Waals surface area contributed by atoms with Gasteiger partial charge in [0.2, 0.25) is 0 Å². The van der Waals surface area contributed by atoms with E-state index in [9.17, 15) is 0 Å². The molecule has 1 fully saturated rings. The summed E-state index contributed by atoms with van der Waals surface area (Å²) in [6, 6.07) is 8.62. The third-order valence-corrected chi connectivity index (χ3v) is 3.69. The summed E-state index contributed by atoms with van der Waals surface area (Å²) in [6.07, 6.45) is 5.36. The highest BCUT2D eigenvalue weighted by Crippen LogP contribution is 2.34. The molecule has 1 saturated carbocycles. The van der Waals surface area contributed by atoms with Crippen LogP contribution in [0.3, 0.4) is 0 Å². The third kappa shape index (κ3) is 1.62. The average molecular weight is 215 g/mol. The van der Waals surface area contributed by atoms with Crippen LogP contribution in [-0.4, -0.2) is 11.8 Å². The van der Waals surface area contributed by atoms with E-state index < -0.39 is 0 Å². The highest BCUT2D eigenvalue weighted by Gasteiger charge is 2.36. The van der Waals surface area contributed by atoms with Gasteiger partial charge in [-0.15, -0.1) is 0 Å². The normalized spacial score (nSPS) is 28.2. The van der Waals surface area contributed by atoms with Crippen LogP contribution in [0.15, 0.2) is 29.4 Å². The molecule has 2 nitrogen and oxygen atoms in total. The summed E-state index contributed by atoms with van der Waals surface area (Å²) >= 11 is 0. The van der Waals surface area contributed by atoms with Crippen LogP contribution in [0.25, 0.3) is 0 Å². The second-order valence-electron chi connectivity index (χ2n) is 4.88. The Morgan fingerprint density at radius 3 is 2.69 bits per heavy atom. The first-order valence-electron chi connectivity index (χ1n) is 6.15. The first kappa shape index (κ1) is 9.88. The standard InChI is InChI=1S/C14H17NO/c1-10-6-8-11(9-7-10)14-12-4-2-3-5-13(12)16-15-14/h6-9,12-13H,2-5H2,1H3. The van der Waals surface area contributed by atoms with Crippen LogP contribution >= 0.6 is 0 Å². The lowest BCUT2D eigenvalue weighted by Crippen LogP contribution is -2.27. The van der Waals surface area contributed by atoms with E-state index in [1.165, 1.54) is 42.5 Å². The Morgan fingerprint density at radius 1 is 1.12 bits per heavy atom. The van der Waals surface area contributed by atoms with Crippen molar-refractivity contribution in [3.63, 3.8) is 0 Å². The van der Waals surface area contributed by atoms with Crippen LogP contribution in [0.2, 0.25) is 0 Å². The van der Waals surface area contributed by atoms with Crippen molar-refractivity contribution in [2.24, 2.45) is 11.1 Å². The van der Waals surface area contributed by atoms with Crippen molar-refractivity contribution in [3.8, 4) is 0 Å². The lowest BCUT2D eigenvalue weighted by molar-refractivity contribution is 0.0397. The molecule has 2 atom stereocenters. The topological polar surface area (TPSA) is 21.6 Å². The summed E-state index contributed by atoms with van der Waals surface area (Å²) in [4.78, 5) is 5.54. The van der Waals surface area contributed by atoms with Crippen LogP contribution in [-0.2, 0) is 4.84 Å². The Labute approximate surface area is 96.3 Å². The van der Waals surface area contributed by atoms with Gasteiger partial charge in [-0.2, -0.15) is 0 Å². The summed E-state index contributed by atoms with van der Waals surface area (Å²) in [6.45, 7) is 2.11. The molecule has 0 spiro atoms. The number of fused-ring (bicyclic) bond motifs is 1. The van der Waals surface area contributed by atoms with E-state index in [1.54, 1.807) is 0 Å². The maximum absolute atomic E-state index is 5.54. The molecule has 1 heterocycles. The summed E-state index contributed by atoms with van der Waals surface area (Å²) in [5.41, 5.74) is 3.70. The number of nitrogens with zero attached hydrogens (tertiary/aromatic N) is 1. The lowest BCUT2D eigenvalue weighted by Gasteiger charge is -2.23. The van der Waals surface area contributed by atoms with Crippen molar-refractivity contribution in [2.75, 3.05) is 0 Å².